The standard InChI is InChI=1S/C11H15F3N4O/c12-11(13,14)8-5-9(17-10(15)16-8)18-3-1-7(6-18)2-4-19/h5,7,19H,1-4,6H2,(H2,15,16,17). The molecule has 1 fully saturated rings. The highest BCUT2D eigenvalue weighted by Gasteiger charge is 2.34. The molecule has 0 spiro atoms. The van der Waals surface area contributed by atoms with E-state index in [1.807, 2.05) is 0 Å². The average molecular weight is 276 g/mol. The smallest absolute Gasteiger partial charge is 0.396 e. The molecular formula is C11H15F3N4O. The van der Waals surface area contributed by atoms with E-state index in [1.54, 1.807) is 4.90 Å². The molecule has 1 aliphatic heterocycles. The van der Waals surface area contributed by atoms with Gasteiger partial charge in [-0.3, -0.25) is 0 Å². The molecule has 8 heteroatoms. The van der Waals surface area contributed by atoms with Gasteiger partial charge in [0.15, 0.2) is 5.69 Å². The Kier molecular flexibility index (Phi) is 3.79. The van der Waals surface area contributed by atoms with Gasteiger partial charge in [0.25, 0.3) is 0 Å². The number of nitrogen functional groups attached to an aromatic ring is 1. The van der Waals surface area contributed by atoms with Crippen molar-refractivity contribution >= 4 is 11.8 Å². The summed E-state index contributed by atoms with van der Waals surface area (Å²) in [6, 6.07) is 0.914. The van der Waals surface area contributed by atoms with Crippen LogP contribution >= 0.6 is 0 Å². The van der Waals surface area contributed by atoms with Gasteiger partial charge in [0.2, 0.25) is 5.95 Å². The van der Waals surface area contributed by atoms with Crippen molar-refractivity contribution in [1.29, 1.82) is 0 Å². The number of aliphatic hydroxyl groups excluding tert-OH is 1. The fraction of sp³-hybridized carbons (Fsp3) is 0.636. The van der Waals surface area contributed by atoms with Crippen molar-refractivity contribution in [2.45, 2.75) is 19.0 Å². The van der Waals surface area contributed by atoms with E-state index in [2.05, 4.69) is 9.97 Å². The molecule has 1 unspecified atom stereocenters. The molecule has 1 aromatic rings. The molecule has 0 radical (unpaired) electrons. The molecule has 1 aromatic heterocycles. The second-order valence-corrected chi connectivity index (χ2v) is 4.58. The van der Waals surface area contributed by atoms with E-state index in [4.69, 9.17) is 10.8 Å². The molecule has 19 heavy (non-hydrogen) atoms. The van der Waals surface area contributed by atoms with Gasteiger partial charge in [0, 0.05) is 25.8 Å². The number of aromatic nitrogens is 2. The summed E-state index contributed by atoms with van der Waals surface area (Å²) in [5, 5.41) is 8.87. The van der Waals surface area contributed by atoms with Gasteiger partial charge in [-0.15, -0.1) is 0 Å². The molecule has 0 saturated carbocycles. The second kappa shape index (κ2) is 5.20. The highest BCUT2D eigenvalue weighted by Crippen LogP contribution is 2.31. The van der Waals surface area contributed by atoms with Crippen LogP contribution in [0.25, 0.3) is 0 Å². The summed E-state index contributed by atoms with van der Waals surface area (Å²) in [4.78, 5) is 8.80. The zero-order valence-corrected chi connectivity index (χ0v) is 10.2. The predicted octanol–water partition coefficient (Wildman–Crippen LogP) is 1.29. The van der Waals surface area contributed by atoms with E-state index in [1.165, 1.54) is 0 Å². The molecule has 2 heterocycles. The van der Waals surface area contributed by atoms with E-state index in [-0.39, 0.29) is 24.3 Å². The van der Waals surface area contributed by atoms with Crippen molar-refractivity contribution in [1.82, 2.24) is 9.97 Å². The third kappa shape index (κ3) is 3.25. The first kappa shape index (κ1) is 13.9. The first-order valence-corrected chi connectivity index (χ1v) is 5.97. The van der Waals surface area contributed by atoms with Crippen LogP contribution in [0, 0.1) is 5.92 Å². The molecular weight excluding hydrogens is 261 g/mol. The fourth-order valence-electron chi connectivity index (χ4n) is 2.22. The van der Waals surface area contributed by atoms with Crippen LogP contribution < -0.4 is 10.6 Å². The van der Waals surface area contributed by atoms with Gasteiger partial charge in [0.05, 0.1) is 0 Å². The zero-order valence-electron chi connectivity index (χ0n) is 10.2. The molecule has 1 atom stereocenters. The summed E-state index contributed by atoms with van der Waals surface area (Å²) in [5.74, 6) is 0.0891. The van der Waals surface area contributed by atoms with Gasteiger partial charge < -0.3 is 15.7 Å². The summed E-state index contributed by atoms with van der Waals surface area (Å²) in [5.41, 5.74) is 4.30. The number of hydrogen-bond donors (Lipinski definition) is 2. The molecule has 2 rings (SSSR count). The summed E-state index contributed by atoms with van der Waals surface area (Å²) in [6.07, 6.45) is -3.06. The van der Waals surface area contributed by atoms with Crippen molar-refractivity contribution in [3.8, 4) is 0 Å². The molecule has 3 N–H and O–H groups in total. The van der Waals surface area contributed by atoms with Crippen LogP contribution in [0.1, 0.15) is 18.5 Å². The third-order valence-corrected chi connectivity index (χ3v) is 3.17. The van der Waals surface area contributed by atoms with E-state index >= 15 is 0 Å². The number of alkyl halides is 3. The summed E-state index contributed by atoms with van der Waals surface area (Å²) in [7, 11) is 0. The Balaban J connectivity index is 2.19. The molecule has 0 bridgehead atoms. The molecule has 1 saturated heterocycles. The second-order valence-electron chi connectivity index (χ2n) is 4.58. The van der Waals surface area contributed by atoms with Crippen LogP contribution in [0.5, 0.6) is 0 Å². The normalized spacial score (nSPS) is 20.0. The van der Waals surface area contributed by atoms with E-state index in [0.717, 1.165) is 12.5 Å². The minimum absolute atomic E-state index is 0.0816. The lowest BCUT2D eigenvalue weighted by Crippen LogP contribution is -2.23. The largest absolute Gasteiger partial charge is 0.433 e. The zero-order chi connectivity index (χ0) is 14.0. The van der Waals surface area contributed by atoms with Gasteiger partial charge in [0.1, 0.15) is 5.82 Å². The lowest BCUT2D eigenvalue weighted by Gasteiger charge is -2.18. The maximum absolute atomic E-state index is 12.6. The molecule has 0 amide bonds. The van der Waals surface area contributed by atoms with Crippen LogP contribution in [0.3, 0.4) is 0 Å². The number of halogens is 3. The van der Waals surface area contributed by atoms with Crippen LogP contribution in [0.2, 0.25) is 0 Å². The summed E-state index contributed by atoms with van der Waals surface area (Å²) in [6.45, 7) is 1.27. The Bertz CT molecular complexity index is 452. The monoisotopic (exact) mass is 276 g/mol. The van der Waals surface area contributed by atoms with Crippen LogP contribution in [-0.4, -0.2) is 34.8 Å². The van der Waals surface area contributed by atoms with Gasteiger partial charge in [-0.05, 0) is 18.8 Å². The lowest BCUT2D eigenvalue weighted by atomic mass is 10.1. The van der Waals surface area contributed by atoms with Crippen LogP contribution in [-0.2, 0) is 6.18 Å². The Labute approximate surface area is 108 Å². The van der Waals surface area contributed by atoms with Crippen molar-refractivity contribution in [3.05, 3.63) is 11.8 Å². The highest BCUT2D eigenvalue weighted by molar-refractivity contribution is 5.45. The Morgan fingerprint density at radius 1 is 1.42 bits per heavy atom. The van der Waals surface area contributed by atoms with Crippen molar-refractivity contribution < 1.29 is 18.3 Å². The third-order valence-electron chi connectivity index (χ3n) is 3.17. The maximum atomic E-state index is 12.6. The predicted molar refractivity (Wildman–Crippen MR) is 63.5 cm³/mol. The Hall–Kier alpha value is -1.57. The SMILES string of the molecule is Nc1nc(N2CCC(CCO)C2)cc(C(F)(F)F)n1. The number of rotatable bonds is 3. The van der Waals surface area contributed by atoms with Gasteiger partial charge in [-0.25, -0.2) is 4.98 Å². The topological polar surface area (TPSA) is 75.3 Å². The minimum atomic E-state index is -4.53. The lowest BCUT2D eigenvalue weighted by molar-refractivity contribution is -0.141. The van der Waals surface area contributed by atoms with Gasteiger partial charge >= 0.3 is 6.18 Å². The molecule has 5 nitrogen and oxygen atoms in total. The quantitative estimate of drug-likeness (QED) is 0.870. The molecule has 0 aromatic carbocycles. The van der Waals surface area contributed by atoms with E-state index in [0.29, 0.717) is 19.5 Å². The number of nitrogens with zero attached hydrogens (tertiary/aromatic N) is 3. The number of nitrogens with two attached hydrogens (primary N) is 1. The minimum Gasteiger partial charge on any atom is -0.396 e. The van der Waals surface area contributed by atoms with Crippen molar-refractivity contribution in [2.24, 2.45) is 5.92 Å². The van der Waals surface area contributed by atoms with Crippen LogP contribution in [0.4, 0.5) is 24.9 Å². The Morgan fingerprint density at radius 3 is 2.79 bits per heavy atom. The van der Waals surface area contributed by atoms with Crippen molar-refractivity contribution in [2.75, 3.05) is 30.3 Å². The molecule has 1 aliphatic rings. The van der Waals surface area contributed by atoms with Gasteiger partial charge in [-0.2, -0.15) is 18.2 Å². The number of hydrogen-bond acceptors (Lipinski definition) is 5. The molecule has 0 aliphatic carbocycles. The first-order chi connectivity index (χ1) is 8.90. The summed E-state index contributed by atoms with van der Waals surface area (Å²) < 4.78 is 37.9. The number of aliphatic hydroxyl groups is 1. The fourth-order valence-corrected chi connectivity index (χ4v) is 2.22. The first-order valence-electron chi connectivity index (χ1n) is 5.97. The van der Waals surface area contributed by atoms with E-state index in [9.17, 15) is 13.2 Å². The van der Waals surface area contributed by atoms with Gasteiger partial charge in [-0.1, -0.05) is 0 Å². The number of anilines is 2. The summed E-state index contributed by atoms with van der Waals surface area (Å²) >= 11 is 0. The average Bonchev–Trinajstić information content (AvgIpc) is 2.76. The van der Waals surface area contributed by atoms with E-state index < -0.39 is 11.9 Å². The van der Waals surface area contributed by atoms with Crippen molar-refractivity contribution in [3.63, 3.8) is 0 Å². The molecule has 106 valence electrons. The highest BCUT2D eigenvalue weighted by atomic mass is 19.4. The van der Waals surface area contributed by atoms with Crippen LogP contribution in [0.15, 0.2) is 6.07 Å². The maximum Gasteiger partial charge on any atom is 0.433 e. The Morgan fingerprint density at radius 2 is 2.16 bits per heavy atom.